The molecule has 0 atom stereocenters. The monoisotopic (exact) mass is 268 g/mol. The predicted molar refractivity (Wildman–Crippen MR) is 63.4 cm³/mol. The van der Waals surface area contributed by atoms with Crippen LogP contribution in [0.15, 0.2) is 12.1 Å². The van der Waals surface area contributed by atoms with Gasteiger partial charge in [0, 0.05) is 13.0 Å². The Balaban J connectivity index is 2.97. The molecule has 19 heavy (non-hydrogen) atoms. The summed E-state index contributed by atoms with van der Waals surface area (Å²) in [4.78, 5) is 21.4. The number of nitro benzene ring substituents is 1. The van der Waals surface area contributed by atoms with Crippen molar-refractivity contribution in [3.8, 4) is 11.8 Å². The zero-order chi connectivity index (χ0) is 14.4. The molecule has 100 valence electrons. The van der Waals surface area contributed by atoms with E-state index in [1.165, 1.54) is 0 Å². The van der Waals surface area contributed by atoms with Crippen LogP contribution in [0.25, 0.3) is 0 Å². The highest BCUT2D eigenvalue weighted by atomic mass is 19.2. The quantitative estimate of drug-likeness (QED) is 0.393. The van der Waals surface area contributed by atoms with E-state index in [4.69, 9.17) is 0 Å². The average molecular weight is 268 g/mol. The maximum absolute atomic E-state index is 13.0. The van der Waals surface area contributed by atoms with Crippen LogP contribution in [-0.4, -0.2) is 17.4 Å². The molecule has 0 radical (unpaired) electrons. The molecule has 0 fully saturated rings. The van der Waals surface area contributed by atoms with Crippen LogP contribution in [0.5, 0.6) is 0 Å². The molecule has 1 aromatic rings. The van der Waals surface area contributed by atoms with Crippen molar-refractivity contribution >= 4 is 11.6 Å². The van der Waals surface area contributed by atoms with Gasteiger partial charge in [0.2, 0.25) is 0 Å². The van der Waals surface area contributed by atoms with Gasteiger partial charge in [-0.1, -0.05) is 0 Å². The van der Waals surface area contributed by atoms with Gasteiger partial charge in [0.15, 0.2) is 11.6 Å². The minimum Gasteiger partial charge on any atom is -0.351 e. The second kappa shape index (κ2) is 6.44. The fourth-order valence-corrected chi connectivity index (χ4v) is 1.33. The van der Waals surface area contributed by atoms with E-state index in [0.717, 1.165) is 0 Å². The predicted octanol–water partition coefficient (Wildman–Crippen LogP) is 2.02. The van der Waals surface area contributed by atoms with Crippen molar-refractivity contribution in [2.45, 2.75) is 13.3 Å². The van der Waals surface area contributed by atoms with Gasteiger partial charge in [0.25, 0.3) is 11.6 Å². The number of hydrogen-bond donors (Lipinski definition) is 1. The van der Waals surface area contributed by atoms with Crippen LogP contribution < -0.4 is 5.32 Å². The zero-order valence-electron chi connectivity index (χ0n) is 10.00. The molecule has 7 heteroatoms. The Morgan fingerprint density at radius 3 is 2.63 bits per heavy atom. The SMILES string of the molecule is CC#CCCNC(=O)c1cc(F)c(F)cc1[N+](=O)[O-]. The number of hydrogen-bond acceptors (Lipinski definition) is 3. The fraction of sp³-hybridized carbons (Fsp3) is 0.250. The number of carbonyl (C=O) groups is 1. The Bertz CT molecular complexity index is 576. The first-order valence-corrected chi connectivity index (χ1v) is 5.28. The van der Waals surface area contributed by atoms with Crippen molar-refractivity contribution in [1.82, 2.24) is 5.32 Å². The lowest BCUT2D eigenvalue weighted by atomic mass is 10.1. The summed E-state index contributed by atoms with van der Waals surface area (Å²) in [5.74, 6) is 1.75. The van der Waals surface area contributed by atoms with E-state index in [2.05, 4.69) is 17.2 Å². The minimum absolute atomic E-state index is 0.163. The van der Waals surface area contributed by atoms with Gasteiger partial charge >= 0.3 is 0 Å². The number of nitrogens with zero attached hydrogens (tertiary/aromatic N) is 1. The first kappa shape index (κ1) is 14.6. The molecule has 1 rings (SSSR count). The third-order valence-corrected chi connectivity index (χ3v) is 2.19. The van der Waals surface area contributed by atoms with E-state index >= 15 is 0 Å². The van der Waals surface area contributed by atoms with Gasteiger partial charge in [-0.05, 0) is 13.0 Å². The van der Waals surface area contributed by atoms with Crippen molar-refractivity contribution in [2.24, 2.45) is 0 Å². The van der Waals surface area contributed by atoms with E-state index in [1.807, 2.05) is 0 Å². The van der Waals surface area contributed by atoms with Crippen LogP contribution in [0.3, 0.4) is 0 Å². The van der Waals surface area contributed by atoms with E-state index in [0.29, 0.717) is 18.6 Å². The maximum atomic E-state index is 13.0. The number of nitrogens with one attached hydrogen (secondary N) is 1. The highest BCUT2D eigenvalue weighted by Gasteiger charge is 2.23. The summed E-state index contributed by atoms with van der Waals surface area (Å²) in [6.45, 7) is 1.79. The Hall–Kier alpha value is -2.49. The summed E-state index contributed by atoms with van der Waals surface area (Å²) in [5, 5.41) is 13.0. The number of halogens is 2. The number of benzene rings is 1. The minimum atomic E-state index is -1.37. The van der Waals surface area contributed by atoms with E-state index in [-0.39, 0.29) is 6.54 Å². The number of carbonyl (C=O) groups excluding carboxylic acids is 1. The molecule has 0 aliphatic carbocycles. The molecule has 0 heterocycles. The van der Waals surface area contributed by atoms with Gasteiger partial charge in [0.05, 0.1) is 11.0 Å². The summed E-state index contributed by atoms with van der Waals surface area (Å²) >= 11 is 0. The second-order valence-electron chi connectivity index (χ2n) is 3.47. The summed E-state index contributed by atoms with van der Waals surface area (Å²) < 4.78 is 25.9. The third kappa shape index (κ3) is 3.74. The smallest absolute Gasteiger partial charge is 0.285 e. The number of amides is 1. The standard InChI is InChI=1S/C12H10F2N2O3/c1-2-3-4-5-15-12(17)8-6-9(13)10(14)7-11(8)16(18)19/h6-7H,4-5H2,1H3,(H,15,17). The van der Waals surface area contributed by atoms with E-state index in [9.17, 15) is 23.7 Å². The highest BCUT2D eigenvalue weighted by Crippen LogP contribution is 2.22. The van der Waals surface area contributed by atoms with Crippen LogP contribution in [-0.2, 0) is 0 Å². The average Bonchev–Trinajstić information content (AvgIpc) is 2.36. The molecule has 0 saturated carbocycles. The fourth-order valence-electron chi connectivity index (χ4n) is 1.33. The van der Waals surface area contributed by atoms with Crippen molar-refractivity contribution in [1.29, 1.82) is 0 Å². The molecular formula is C12H10F2N2O3. The molecule has 5 nitrogen and oxygen atoms in total. The molecule has 0 aliphatic rings. The molecular weight excluding hydrogens is 258 g/mol. The third-order valence-electron chi connectivity index (χ3n) is 2.19. The molecule has 1 N–H and O–H groups in total. The number of rotatable bonds is 4. The molecule has 0 unspecified atom stereocenters. The van der Waals surface area contributed by atoms with Crippen LogP contribution in [0.2, 0.25) is 0 Å². The summed E-state index contributed by atoms with van der Waals surface area (Å²) in [6, 6.07) is 0.893. The summed E-state index contributed by atoms with van der Waals surface area (Å²) in [6.07, 6.45) is 0.361. The molecule has 1 amide bonds. The summed E-state index contributed by atoms with van der Waals surface area (Å²) in [5.41, 5.74) is -1.30. The van der Waals surface area contributed by atoms with Crippen LogP contribution in [0, 0.1) is 33.6 Å². The molecule has 1 aromatic carbocycles. The molecule has 0 bridgehead atoms. The highest BCUT2D eigenvalue weighted by molar-refractivity contribution is 5.98. The largest absolute Gasteiger partial charge is 0.351 e. The first-order valence-electron chi connectivity index (χ1n) is 5.28. The number of nitro groups is 1. The molecule has 0 aromatic heterocycles. The molecule has 0 saturated heterocycles. The molecule has 0 aliphatic heterocycles. The van der Waals surface area contributed by atoms with Gasteiger partial charge < -0.3 is 5.32 Å². The van der Waals surface area contributed by atoms with Gasteiger partial charge in [-0.15, -0.1) is 11.8 Å². The van der Waals surface area contributed by atoms with Gasteiger partial charge in [-0.3, -0.25) is 14.9 Å². The lowest BCUT2D eigenvalue weighted by Gasteiger charge is -2.04. The van der Waals surface area contributed by atoms with Crippen LogP contribution >= 0.6 is 0 Å². The van der Waals surface area contributed by atoms with Crippen molar-refractivity contribution < 1.29 is 18.5 Å². The normalized spacial score (nSPS) is 9.42. The van der Waals surface area contributed by atoms with E-state index in [1.54, 1.807) is 6.92 Å². The Morgan fingerprint density at radius 2 is 2.05 bits per heavy atom. The maximum Gasteiger partial charge on any atom is 0.285 e. The molecule has 0 spiro atoms. The van der Waals surface area contributed by atoms with Gasteiger partial charge in [-0.2, -0.15) is 0 Å². The Morgan fingerprint density at radius 1 is 1.42 bits per heavy atom. The van der Waals surface area contributed by atoms with Gasteiger partial charge in [-0.25, -0.2) is 8.78 Å². The lowest BCUT2D eigenvalue weighted by molar-refractivity contribution is -0.385. The van der Waals surface area contributed by atoms with Crippen LogP contribution in [0.4, 0.5) is 14.5 Å². The first-order chi connectivity index (χ1) is 8.97. The van der Waals surface area contributed by atoms with Crippen molar-refractivity contribution in [2.75, 3.05) is 6.54 Å². The van der Waals surface area contributed by atoms with E-state index < -0.39 is 33.7 Å². The topological polar surface area (TPSA) is 72.2 Å². The zero-order valence-corrected chi connectivity index (χ0v) is 10.00. The van der Waals surface area contributed by atoms with Crippen molar-refractivity contribution in [3.05, 3.63) is 39.4 Å². The summed E-state index contributed by atoms with van der Waals surface area (Å²) in [7, 11) is 0. The Labute approximate surface area is 107 Å². The van der Waals surface area contributed by atoms with Gasteiger partial charge in [0.1, 0.15) is 5.56 Å². The Kier molecular flexibility index (Phi) is 4.94. The lowest BCUT2D eigenvalue weighted by Crippen LogP contribution is -2.25. The van der Waals surface area contributed by atoms with Crippen molar-refractivity contribution in [3.63, 3.8) is 0 Å². The van der Waals surface area contributed by atoms with Crippen LogP contribution in [0.1, 0.15) is 23.7 Å². The second-order valence-corrected chi connectivity index (χ2v) is 3.47.